The molecule has 0 unspecified atom stereocenters. The molecule has 0 saturated carbocycles. The molecule has 0 bridgehead atoms. The summed E-state index contributed by atoms with van der Waals surface area (Å²) < 4.78 is 10.2. The minimum absolute atomic E-state index is 0.153. The lowest BCUT2D eigenvalue weighted by atomic mass is 9.97. The minimum Gasteiger partial charge on any atom is -0.482 e. The van der Waals surface area contributed by atoms with E-state index in [4.69, 9.17) is 9.47 Å². The fourth-order valence-electron chi connectivity index (χ4n) is 2.34. The van der Waals surface area contributed by atoms with Crippen molar-refractivity contribution in [2.45, 2.75) is 12.8 Å². The maximum atomic E-state index is 12.1. The molecule has 1 aromatic carbocycles. The van der Waals surface area contributed by atoms with Crippen molar-refractivity contribution in [3.05, 3.63) is 29.8 Å². The number of fused-ring (bicyclic) bond motifs is 1. The number of nitrogens with one attached hydrogen (secondary N) is 2. The zero-order valence-corrected chi connectivity index (χ0v) is 12.2. The van der Waals surface area contributed by atoms with E-state index in [0.29, 0.717) is 11.4 Å². The molecule has 0 radical (unpaired) electrons. The molecule has 6 nitrogen and oxygen atoms in total. The van der Waals surface area contributed by atoms with Crippen LogP contribution in [-0.4, -0.2) is 37.6 Å². The number of aromatic amines is 1. The predicted molar refractivity (Wildman–Crippen MR) is 78.3 cm³/mol. The van der Waals surface area contributed by atoms with Gasteiger partial charge >= 0.3 is 5.97 Å². The largest absolute Gasteiger partial charge is 0.482 e. The quantitative estimate of drug-likeness (QED) is 0.819. The van der Waals surface area contributed by atoms with Gasteiger partial charge < -0.3 is 19.8 Å². The van der Waals surface area contributed by atoms with Crippen LogP contribution in [0.1, 0.15) is 18.4 Å². The molecule has 2 aromatic rings. The molecule has 1 heterocycles. The van der Waals surface area contributed by atoms with Crippen molar-refractivity contribution < 1.29 is 19.1 Å². The number of esters is 1. The molecule has 2 N–H and O–H groups in total. The van der Waals surface area contributed by atoms with Crippen LogP contribution in [0.3, 0.4) is 0 Å². The van der Waals surface area contributed by atoms with E-state index >= 15 is 0 Å². The molecule has 0 spiro atoms. The van der Waals surface area contributed by atoms with Gasteiger partial charge in [0.1, 0.15) is 5.92 Å². The van der Waals surface area contributed by atoms with Gasteiger partial charge in [-0.3, -0.25) is 9.59 Å². The number of amides is 1. The van der Waals surface area contributed by atoms with Crippen LogP contribution in [0.5, 0.6) is 5.88 Å². The van der Waals surface area contributed by atoms with E-state index < -0.39 is 11.9 Å². The van der Waals surface area contributed by atoms with Gasteiger partial charge in [-0.25, -0.2) is 0 Å². The van der Waals surface area contributed by atoms with Gasteiger partial charge in [0.15, 0.2) is 5.88 Å². The van der Waals surface area contributed by atoms with Crippen molar-refractivity contribution in [2.24, 2.45) is 0 Å². The first-order chi connectivity index (χ1) is 10.1. The van der Waals surface area contributed by atoms with Crippen molar-refractivity contribution in [3.8, 4) is 5.88 Å². The van der Waals surface area contributed by atoms with E-state index in [-0.39, 0.29) is 12.5 Å². The lowest BCUT2D eigenvalue weighted by Crippen LogP contribution is -2.30. The van der Waals surface area contributed by atoms with Gasteiger partial charge in [0.05, 0.1) is 14.2 Å². The Balaban J connectivity index is 2.52. The first-order valence-electron chi connectivity index (χ1n) is 6.55. The van der Waals surface area contributed by atoms with Crippen molar-refractivity contribution in [1.82, 2.24) is 10.3 Å². The van der Waals surface area contributed by atoms with Crippen LogP contribution in [-0.2, 0) is 14.3 Å². The molecule has 2 rings (SSSR count). The van der Waals surface area contributed by atoms with Crippen LogP contribution in [0, 0.1) is 0 Å². The minimum atomic E-state index is -0.634. The number of hydrogen-bond donors (Lipinski definition) is 2. The van der Waals surface area contributed by atoms with E-state index in [1.54, 1.807) is 0 Å². The van der Waals surface area contributed by atoms with Crippen LogP contribution in [0.25, 0.3) is 10.9 Å². The van der Waals surface area contributed by atoms with Gasteiger partial charge in [0.25, 0.3) is 0 Å². The molecule has 0 aliphatic carbocycles. The molecule has 0 saturated heterocycles. The average Bonchev–Trinajstić information content (AvgIpc) is 2.85. The normalized spacial score (nSPS) is 12.0. The number of carbonyl (C=O) groups excluding carboxylic acids is 2. The monoisotopic (exact) mass is 290 g/mol. The zero-order valence-electron chi connectivity index (χ0n) is 12.2. The third kappa shape index (κ3) is 2.99. The van der Waals surface area contributed by atoms with Gasteiger partial charge in [0.2, 0.25) is 5.91 Å². The summed E-state index contributed by atoms with van der Waals surface area (Å²) in [7, 11) is 2.85. The fourth-order valence-corrected chi connectivity index (χ4v) is 2.34. The van der Waals surface area contributed by atoms with Gasteiger partial charge in [-0.1, -0.05) is 18.2 Å². The predicted octanol–water partition coefficient (Wildman–Crippen LogP) is 1.57. The molecule has 1 aromatic heterocycles. The zero-order chi connectivity index (χ0) is 15.4. The van der Waals surface area contributed by atoms with E-state index in [1.165, 1.54) is 21.1 Å². The number of ether oxygens (including phenoxy) is 2. The smallest absolute Gasteiger partial charge is 0.315 e. The number of H-pyrrole nitrogens is 1. The number of aromatic nitrogens is 1. The van der Waals surface area contributed by atoms with Gasteiger partial charge in [-0.15, -0.1) is 0 Å². The van der Waals surface area contributed by atoms with Crippen molar-refractivity contribution in [3.63, 3.8) is 0 Å². The second kappa shape index (κ2) is 6.30. The van der Waals surface area contributed by atoms with Crippen LogP contribution in [0.4, 0.5) is 0 Å². The van der Waals surface area contributed by atoms with Crippen LogP contribution in [0.2, 0.25) is 0 Å². The van der Waals surface area contributed by atoms with Gasteiger partial charge in [0, 0.05) is 29.9 Å². The number of methoxy groups -OCH3 is 2. The summed E-state index contributed by atoms with van der Waals surface area (Å²) in [5, 5.41) is 3.53. The summed E-state index contributed by atoms with van der Waals surface area (Å²) in [4.78, 5) is 26.4. The maximum Gasteiger partial charge on any atom is 0.315 e. The molecule has 0 aliphatic rings. The maximum absolute atomic E-state index is 12.1. The molecule has 1 atom stereocenters. The number of hydrogen-bond acceptors (Lipinski definition) is 4. The highest BCUT2D eigenvalue weighted by Gasteiger charge is 2.28. The van der Waals surface area contributed by atoms with Crippen LogP contribution in [0.15, 0.2) is 24.3 Å². The summed E-state index contributed by atoms with van der Waals surface area (Å²) in [6.07, 6.45) is 0. The first-order valence-corrected chi connectivity index (χ1v) is 6.55. The highest BCUT2D eigenvalue weighted by molar-refractivity contribution is 5.92. The molecule has 21 heavy (non-hydrogen) atoms. The molecule has 1 amide bonds. The second-order valence-corrected chi connectivity index (χ2v) is 4.63. The summed E-state index contributed by atoms with van der Waals surface area (Å²) in [6, 6.07) is 7.57. The Morgan fingerprint density at radius 2 is 2.00 bits per heavy atom. The third-order valence-electron chi connectivity index (χ3n) is 3.30. The second-order valence-electron chi connectivity index (χ2n) is 4.63. The molecule has 0 aliphatic heterocycles. The fraction of sp³-hybridized carbons (Fsp3) is 0.333. The Morgan fingerprint density at radius 1 is 1.29 bits per heavy atom. The SMILES string of the molecule is COC(=O)[C@H](CNC(C)=O)c1c(OC)[nH]c2ccccc12. The topological polar surface area (TPSA) is 80.4 Å². The van der Waals surface area contributed by atoms with E-state index in [9.17, 15) is 9.59 Å². The van der Waals surface area contributed by atoms with Crippen molar-refractivity contribution >= 4 is 22.8 Å². The Hall–Kier alpha value is -2.50. The Kier molecular flexibility index (Phi) is 4.47. The van der Waals surface area contributed by atoms with Gasteiger partial charge in [-0.05, 0) is 6.07 Å². The summed E-state index contributed by atoms with van der Waals surface area (Å²) in [5.74, 6) is -0.767. The standard InChI is InChI=1S/C15H18N2O4/c1-9(18)16-8-11(15(19)21-3)13-10-6-4-5-7-12(10)17-14(13)20-2/h4-7,11,17H,8H2,1-3H3,(H,16,18)/t11-/m1/s1. The molecule has 112 valence electrons. The molecular formula is C15H18N2O4. The Labute approximate surface area is 122 Å². The molecule has 6 heteroatoms. The Bertz CT molecular complexity index is 663. The summed E-state index contributed by atoms with van der Waals surface area (Å²) >= 11 is 0. The third-order valence-corrected chi connectivity index (χ3v) is 3.30. The number of benzene rings is 1. The number of rotatable bonds is 5. The first kappa shape index (κ1) is 14.9. The van der Waals surface area contributed by atoms with Crippen molar-refractivity contribution in [1.29, 1.82) is 0 Å². The number of carbonyl (C=O) groups is 2. The van der Waals surface area contributed by atoms with Crippen LogP contribution < -0.4 is 10.1 Å². The Morgan fingerprint density at radius 3 is 2.62 bits per heavy atom. The van der Waals surface area contributed by atoms with Crippen LogP contribution >= 0.6 is 0 Å². The van der Waals surface area contributed by atoms with E-state index in [1.807, 2.05) is 24.3 Å². The lowest BCUT2D eigenvalue weighted by Gasteiger charge is -2.16. The van der Waals surface area contributed by atoms with E-state index in [2.05, 4.69) is 10.3 Å². The molecular weight excluding hydrogens is 272 g/mol. The van der Waals surface area contributed by atoms with Gasteiger partial charge in [-0.2, -0.15) is 0 Å². The lowest BCUT2D eigenvalue weighted by molar-refractivity contribution is -0.142. The molecule has 0 fully saturated rings. The highest BCUT2D eigenvalue weighted by Crippen LogP contribution is 2.34. The van der Waals surface area contributed by atoms with E-state index in [0.717, 1.165) is 10.9 Å². The summed E-state index contributed by atoms with van der Waals surface area (Å²) in [6.45, 7) is 1.56. The average molecular weight is 290 g/mol. The van der Waals surface area contributed by atoms with Crippen molar-refractivity contribution in [2.75, 3.05) is 20.8 Å². The highest BCUT2D eigenvalue weighted by atomic mass is 16.5. The summed E-state index contributed by atoms with van der Waals surface area (Å²) in [5.41, 5.74) is 1.55. The number of para-hydroxylation sites is 1.